The zero-order valence-electron chi connectivity index (χ0n) is 13.6. The fourth-order valence-electron chi connectivity index (χ4n) is 2.07. The molecule has 0 aliphatic heterocycles. The Balaban J connectivity index is 1.86. The predicted octanol–water partition coefficient (Wildman–Crippen LogP) is 2.72. The number of carbonyl (C=O) groups excluding carboxylic acids is 2. The third-order valence-corrected chi connectivity index (χ3v) is 3.60. The van der Waals surface area contributed by atoms with Gasteiger partial charge in [0.1, 0.15) is 5.82 Å². The first kappa shape index (κ1) is 17.6. The van der Waals surface area contributed by atoms with Gasteiger partial charge in [0.25, 0.3) is 0 Å². The van der Waals surface area contributed by atoms with Crippen LogP contribution in [0.1, 0.15) is 6.92 Å². The van der Waals surface area contributed by atoms with Gasteiger partial charge in [-0.25, -0.2) is 4.39 Å². The minimum Gasteiger partial charge on any atom is -0.325 e. The Bertz CT molecular complexity index is 689. The van der Waals surface area contributed by atoms with Gasteiger partial charge < -0.3 is 10.6 Å². The van der Waals surface area contributed by atoms with Crippen molar-refractivity contribution in [1.82, 2.24) is 4.90 Å². The highest BCUT2D eigenvalue weighted by Gasteiger charge is 2.20. The number of anilines is 2. The van der Waals surface area contributed by atoms with E-state index in [0.29, 0.717) is 11.4 Å². The second-order valence-corrected chi connectivity index (χ2v) is 5.50. The number of likely N-dealkylation sites (N-methyl/N-ethyl adjacent to an activating group) is 1. The average Bonchev–Trinajstić information content (AvgIpc) is 2.57. The van der Waals surface area contributed by atoms with E-state index in [9.17, 15) is 14.0 Å². The van der Waals surface area contributed by atoms with E-state index in [4.69, 9.17) is 0 Å². The van der Waals surface area contributed by atoms with Crippen molar-refractivity contribution in [3.8, 4) is 0 Å². The monoisotopic (exact) mass is 329 g/mol. The summed E-state index contributed by atoms with van der Waals surface area (Å²) < 4.78 is 12.8. The maximum Gasteiger partial charge on any atom is 0.241 e. The van der Waals surface area contributed by atoms with Gasteiger partial charge in [-0.2, -0.15) is 0 Å². The van der Waals surface area contributed by atoms with E-state index < -0.39 is 6.04 Å². The third-order valence-electron chi connectivity index (χ3n) is 3.60. The molecule has 6 heteroatoms. The van der Waals surface area contributed by atoms with Gasteiger partial charge in [0.05, 0.1) is 12.6 Å². The topological polar surface area (TPSA) is 61.4 Å². The first-order valence-electron chi connectivity index (χ1n) is 7.57. The molecule has 0 spiro atoms. The van der Waals surface area contributed by atoms with E-state index in [1.54, 1.807) is 31.0 Å². The van der Waals surface area contributed by atoms with E-state index in [0.717, 1.165) is 0 Å². The van der Waals surface area contributed by atoms with Crippen molar-refractivity contribution in [3.63, 3.8) is 0 Å². The average molecular weight is 329 g/mol. The highest BCUT2D eigenvalue weighted by molar-refractivity contribution is 5.96. The van der Waals surface area contributed by atoms with E-state index in [2.05, 4.69) is 10.6 Å². The Kier molecular flexibility index (Phi) is 6.03. The first-order valence-corrected chi connectivity index (χ1v) is 7.57. The molecule has 0 aliphatic carbocycles. The summed E-state index contributed by atoms with van der Waals surface area (Å²) in [6.45, 7) is 1.77. The Morgan fingerprint density at radius 3 is 2.21 bits per heavy atom. The number of para-hydroxylation sites is 1. The molecule has 0 saturated carbocycles. The fourth-order valence-corrected chi connectivity index (χ4v) is 2.07. The summed E-state index contributed by atoms with van der Waals surface area (Å²) >= 11 is 0. The molecular formula is C18H20FN3O2. The van der Waals surface area contributed by atoms with Crippen molar-refractivity contribution in [2.24, 2.45) is 0 Å². The molecule has 1 atom stereocenters. The molecule has 0 bridgehead atoms. The van der Waals surface area contributed by atoms with Crippen LogP contribution in [0.4, 0.5) is 15.8 Å². The standard InChI is InChI=1S/C18H20FN3O2/c1-13(18(24)21-15-6-4-3-5-7-15)22(2)12-17(23)20-16-10-8-14(19)9-11-16/h3-11,13H,12H2,1-2H3,(H,20,23)(H,21,24)/t13-/m1/s1. The molecule has 0 aliphatic rings. The Morgan fingerprint density at radius 1 is 1.00 bits per heavy atom. The van der Waals surface area contributed by atoms with Crippen molar-refractivity contribution in [2.75, 3.05) is 24.2 Å². The molecule has 5 nitrogen and oxygen atoms in total. The number of rotatable bonds is 6. The van der Waals surface area contributed by atoms with Crippen LogP contribution in [0.2, 0.25) is 0 Å². The number of nitrogens with zero attached hydrogens (tertiary/aromatic N) is 1. The number of hydrogen-bond acceptors (Lipinski definition) is 3. The van der Waals surface area contributed by atoms with E-state index in [1.165, 1.54) is 24.3 Å². The molecule has 2 amide bonds. The summed E-state index contributed by atoms with van der Waals surface area (Å²) in [5.74, 6) is -0.835. The van der Waals surface area contributed by atoms with Crippen LogP contribution in [-0.2, 0) is 9.59 Å². The van der Waals surface area contributed by atoms with Crippen LogP contribution < -0.4 is 10.6 Å². The highest BCUT2D eigenvalue weighted by Crippen LogP contribution is 2.09. The molecule has 0 unspecified atom stereocenters. The summed E-state index contributed by atoms with van der Waals surface area (Å²) in [5.41, 5.74) is 1.22. The first-order chi connectivity index (χ1) is 11.5. The molecule has 2 aromatic carbocycles. The molecule has 24 heavy (non-hydrogen) atoms. The second kappa shape index (κ2) is 8.21. The lowest BCUT2D eigenvalue weighted by Crippen LogP contribution is -2.43. The lowest BCUT2D eigenvalue weighted by molar-refractivity contribution is -0.122. The van der Waals surface area contributed by atoms with E-state index >= 15 is 0 Å². The zero-order chi connectivity index (χ0) is 17.5. The van der Waals surface area contributed by atoms with Gasteiger partial charge in [-0.3, -0.25) is 14.5 Å². The summed E-state index contributed by atoms with van der Waals surface area (Å²) in [6.07, 6.45) is 0. The SMILES string of the molecule is C[C@H](C(=O)Nc1ccccc1)N(C)CC(=O)Nc1ccc(F)cc1. The van der Waals surface area contributed by atoms with Gasteiger partial charge in [0.15, 0.2) is 0 Å². The van der Waals surface area contributed by atoms with Crippen LogP contribution >= 0.6 is 0 Å². The van der Waals surface area contributed by atoms with Crippen LogP contribution in [0, 0.1) is 5.82 Å². The molecule has 2 aromatic rings. The Labute approximate surface area is 140 Å². The van der Waals surface area contributed by atoms with Gasteiger partial charge in [0, 0.05) is 11.4 Å². The van der Waals surface area contributed by atoms with Crippen molar-refractivity contribution in [3.05, 3.63) is 60.4 Å². The molecule has 2 N–H and O–H groups in total. The maximum absolute atomic E-state index is 12.8. The normalized spacial score (nSPS) is 11.8. The quantitative estimate of drug-likeness (QED) is 0.857. The van der Waals surface area contributed by atoms with Gasteiger partial charge in [-0.05, 0) is 50.4 Å². The van der Waals surface area contributed by atoms with Crippen LogP contribution in [0.25, 0.3) is 0 Å². The van der Waals surface area contributed by atoms with Crippen molar-refractivity contribution < 1.29 is 14.0 Å². The fraction of sp³-hybridized carbons (Fsp3) is 0.222. The lowest BCUT2D eigenvalue weighted by atomic mass is 10.2. The lowest BCUT2D eigenvalue weighted by Gasteiger charge is -2.23. The maximum atomic E-state index is 12.8. The van der Waals surface area contributed by atoms with Crippen molar-refractivity contribution in [2.45, 2.75) is 13.0 Å². The number of halogens is 1. The zero-order valence-corrected chi connectivity index (χ0v) is 13.6. The minimum absolute atomic E-state index is 0.0424. The molecule has 0 aromatic heterocycles. The van der Waals surface area contributed by atoms with Crippen LogP contribution in [-0.4, -0.2) is 36.3 Å². The number of hydrogen-bond donors (Lipinski definition) is 2. The number of carbonyl (C=O) groups is 2. The summed E-state index contributed by atoms with van der Waals surface area (Å²) in [4.78, 5) is 25.9. The second-order valence-electron chi connectivity index (χ2n) is 5.50. The largest absolute Gasteiger partial charge is 0.325 e. The smallest absolute Gasteiger partial charge is 0.241 e. The Morgan fingerprint density at radius 2 is 1.58 bits per heavy atom. The van der Waals surface area contributed by atoms with Crippen molar-refractivity contribution >= 4 is 23.2 Å². The number of benzene rings is 2. The molecule has 0 radical (unpaired) electrons. The third kappa shape index (κ3) is 5.17. The Hall–Kier alpha value is -2.73. The molecule has 0 fully saturated rings. The summed E-state index contributed by atoms with van der Waals surface area (Å²) in [6, 6.07) is 14.2. The summed E-state index contributed by atoms with van der Waals surface area (Å²) in [5, 5.41) is 5.46. The van der Waals surface area contributed by atoms with Gasteiger partial charge >= 0.3 is 0 Å². The van der Waals surface area contributed by atoms with Crippen LogP contribution in [0.15, 0.2) is 54.6 Å². The predicted molar refractivity (Wildman–Crippen MR) is 92.2 cm³/mol. The van der Waals surface area contributed by atoms with Crippen LogP contribution in [0.3, 0.4) is 0 Å². The molecule has 126 valence electrons. The minimum atomic E-state index is -0.482. The molecule has 0 saturated heterocycles. The van der Waals surface area contributed by atoms with E-state index in [-0.39, 0.29) is 24.2 Å². The van der Waals surface area contributed by atoms with Gasteiger partial charge in [-0.15, -0.1) is 0 Å². The summed E-state index contributed by atoms with van der Waals surface area (Å²) in [7, 11) is 1.69. The highest BCUT2D eigenvalue weighted by atomic mass is 19.1. The van der Waals surface area contributed by atoms with Crippen molar-refractivity contribution in [1.29, 1.82) is 0 Å². The molecule has 0 heterocycles. The number of nitrogens with one attached hydrogen (secondary N) is 2. The van der Waals surface area contributed by atoms with Gasteiger partial charge in [0.2, 0.25) is 11.8 Å². The molecule has 2 rings (SSSR count). The molecular weight excluding hydrogens is 309 g/mol. The van der Waals surface area contributed by atoms with Crippen LogP contribution in [0.5, 0.6) is 0 Å². The van der Waals surface area contributed by atoms with Gasteiger partial charge in [-0.1, -0.05) is 18.2 Å². The van der Waals surface area contributed by atoms with E-state index in [1.807, 2.05) is 18.2 Å². The number of amides is 2.